The molecule has 0 heteroatoms. The van der Waals surface area contributed by atoms with Crippen molar-refractivity contribution in [1.82, 2.24) is 0 Å². The number of unbranched alkanes of at least 4 members (excludes halogenated alkanes) is 1. The highest BCUT2D eigenvalue weighted by atomic mass is 14.4. The Kier molecular flexibility index (Phi) is 7.35. The zero-order valence-electron chi connectivity index (χ0n) is 12.8. The average molecular weight is 226 g/mol. The lowest BCUT2D eigenvalue weighted by Crippen LogP contribution is -2.34. The molecule has 0 amide bonds. The zero-order valence-corrected chi connectivity index (χ0v) is 12.8. The van der Waals surface area contributed by atoms with E-state index in [0.717, 1.165) is 17.8 Å². The van der Waals surface area contributed by atoms with Crippen molar-refractivity contribution in [3.05, 3.63) is 0 Å². The van der Waals surface area contributed by atoms with Gasteiger partial charge in [-0.05, 0) is 29.6 Å². The van der Waals surface area contributed by atoms with Crippen molar-refractivity contribution in [3.63, 3.8) is 0 Å². The normalized spacial score (nSPS) is 16.5. The summed E-state index contributed by atoms with van der Waals surface area (Å²) in [5.74, 6) is 2.56. The molecule has 0 fully saturated rings. The van der Waals surface area contributed by atoms with Gasteiger partial charge in [0.25, 0.3) is 0 Å². The van der Waals surface area contributed by atoms with Crippen molar-refractivity contribution >= 4 is 0 Å². The molecule has 0 N–H and O–H groups in total. The van der Waals surface area contributed by atoms with E-state index < -0.39 is 0 Å². The molecule has 0 spiro atoms. The standard InChI is InChI=1S/C16H34/c1-8-10-12-15(14(5)11-9-2)16(6,7)13(3)4/h13-15H,8-12H2,1-7H3. The van der Waals surface area contributed by atoms with E-state index in [4.69, 9.17) is 0 Å². The van der Waals surface area contributed by atoms with Crippen molar-refractivity contribution in [2.24, 2.45) is 23.2 Å². The maximum absolute atomic E-state index is 2.48. The van der Waals surface area contributed by atoms with Crippen molar-refractivity contribution in [2.45, 2.75) is 80.6 Å². The molecular weight excluding hydrogens is 192 g/mol. The Balaban J connectivity index is 4.63. The van der Waals surface area contributed by atoms with Crippen molar-refractivity contribution < 1.29 is 0 Å². The van der Waals surface area contributed by atoms with Crippen molar-refractivity contribution in [2.75, 3.05) is 0 Å². The summed E-state index contributed by atoms with van der Waals surface area (Å²) in [6.45, 7) is 16.8. The highest BCUT2D eigenvalue weighted by Crippen LogP contribution is 2.43. The third-order valence-electron chi connectivity index (χ3n) is 4.74. The fourth-order valence-electron chi connectivity index (χ4n) is 2.90. The molecule has 98 valence electrons. The van der Waals surface area contributed by atoms with Gasteiger partial charge >= 0.3 is 0 Å². The molecule has 2 unspecified atom stereocenters. The summed E-state index contributed by atoms with van der Waals surface area (Å²) < 4.78 is 0. The molecule has 2 atom stereocenters. The molecule has 0 radical (unpaired) electrons. The van der Waals surface area contributed by atoms with E-state index in [-0.39, 0.29) is 0 Å². The lowest BCUT2D eigenvalue weighted by atomic mass is 9.64. The van der Waals surface area contributed by atoms with Gasteiger partial charge in [-0.1, -0.05) is 74.1 Å². The van der Waals surface area contributed by atoms with Gasteiger partial charge in [-0.2, -0.15) is 0 Å². The molecule has 0 saturated carbocycles. The fraction of sp³-hybridized carbons (Fsp3) is 1.00. The first-order chi connectivity index (χ1) is 7.37. The monoisotopic (exact) mass is 226 g/mol. The van der Waals surface area contributed by atoms with Gasteiger partial charge in [0.2, 0.25) is 0 Å². The molecule has 0 nitrogen and oxygen atoms in total. The minimum atomic E-state index is 0.490. The molecule has 0 aliphatic rings. The lowest BCUT2D eigenvalue weighted by Gasteiger charge is -2.42. The molecule has 0 saturated heterocycles. The average Bonchev–Trinajstić information content (AvgIpc) is 2.18. The predicted octanol–water partition coefficient (Wildman–Crippen LogP) is 5.91. The van der Waals surface area contributed by atoms with Gasteiger partial charge in [0.1, 0.15) is 0 Å². The van der Waals surface area contributed by atoms with Gasteiger partial charge in [-0.15, -0.1) is 0 Å². The minimum Gasteiger partial charge on any atom is -0.0654 e. The molecule has 0 bridgehead atoms. The second-order valence-electron chi connectivity index (χ2n) is 6.49. The predicted molar refractivity (Wildman–Crippen MR) is 75.7 cm³/mol. The molecular formula is C16H34. The van der Waals surface area contributed by atoms with Gasteiger partial charge < -0.3 is 0 Å². The summed E-state index contributed by atoms with van der Waals surface area (Å²) in [4.78, 5) is 0. The quantitative estimate of drug-likeness (QED) is 0.482. The summed E-state index contributed by atoms with van der Waals surface area (Å²) in [5, 5.41) is 0. The van der Waals surface area contributed by atoms with Crippen LogP contribution in [0.3, 0.4) is 0 Å². The SMILES string of the molecule is CCCCC(C(C)CCC)C(C)(C)C(C)C. The van der Waals surface area contributed by atoms with E-state index in [0.29, 0.717) is 5.41 Å². The summed E-state index contributed by atoms with van der Waals surface area (Å²) >= 11 is 0. The summed E-state index contributed by atoms with van der Waals surface area (Å²) in [6.07, 6.45) is 6.88. The Bertz CT molecular complexity index is 167. The number of hydrogen-bond acceptors (Lipinski definition) is 0. The molecule has 0 aromatic heterocycles. The van der Waals surface area contributed by atoms with Crippen molar-refractivity contribution in [3.8, 4) is 0 Å². The minimum absolute atomic E-state index is 0.490. The van der Waals surface area contributed by atoms with Crippen LogP contribution in [0.25, 0.3) is 0 Å². The van der Waals surface area contributed by atoms with E-state index >= 15 is 0 Å². The van der Waals surface area contributed by atoms with Crippen LogP contribution in [0, 0.1) is 23.2 Å². The topological polar surface area (TPSA) is 0 Å². The highest BCUT2D eigenvalue weighted by molar-refractivity contribution is 4.84. The molecule has 16 heavy (non-hydrogen) atoms. The van der Waals surface area contributed by atoms with E-state index in [1.54, 1.807) is 0 Å². The molecule has 0 aromatic rings. The Morgan fingerprint density at radius 2 is 1.44 bits per heavy atom. The van der Waals surface area contributed by atoms with Gasteiger partial charge in [0.05, 0.1) is 0 Å². The van der Waals surface area contributed by atoms with Crippen LogP contribution in [-0.4, -0.2) is 0 Å². The van der Waals surface area contributed by atoms with Gasteiger partial charge in [0.15, 0.2) is 0 Å². The Hall–Kier alpha value is 0. The van der Waals surface area contributed by atoms with Gasteiger partial charge in [-0.25, -0.2) is 0 Å². The highest BCUT2D eigenvalue weighted by Gasteiger charge is 2.34. The van der Waals surface area contributed by atoms with Gasteiger partial charge in [-0.3, -0.25) is 0 Å². The van der Waals surface area contributed by atoms with Crippen molar-refractivity contribution in [1.29, 1.82) is 0 Å². The van der Waals surface area contributed by atoms with Crippen LogP contribution in [0.5, 0.6) is 0 Å². The first kappa shape index (κ1) is 16.0. The third kappa shape index (κ3) is 4.47. The van der Waals surface area contributed by atoms with E-state index in [1.165, 1.54) is 32.1 Å². The molecule has 0 aliphatic carbocycles. The maximum Gasteiger partial charge on any atom is -0.0300 e. The summed E-state index contributed by atoms with van der Waals surface area (Å²) in [5.41, 5.74) is 0.490. The van der Waals surface area contributed by atoms with E-state index in [9.17, 15) is 0 Å². The van der Waals surface area contributed by atoms with Crippen LogP contribution in [0.2, 0.25) is 0 Å². The van der Waals surface area contributed by atoms with Crippen LogP contribution < -0.4 is 0 Å². The second kappa shape index (κ2) is 7.35. The maximum atomic E-state index is 2.48. The van der Waals surface area contributed by atoms with E-state index in [1.807, 2.05) is 0 Å². The zero-order chi connectivity index (χ0) is 12.8. The van der Waals surface area contributed by atoms with Crippen LogP contribution in [0.15, 0.2) is 0 Å². The van der Waals surface area contributed by atoms with Crippen LogP contribution in [0.4, 0.5) is 0 Å². The molecule has 0 heterocycles. The van der Waals surface area contributed by atoms with E-state index in [2.05, 4.69) is 48.5 Å². The first-order valence-corrected chi connectivity index (χ1v) is 7.37. The number of rotatable bonds is 8. The third-order valence-corrected chi connectivity index (χ3v) is 4.74. The van der Waals surface area contributed by atoms with Crippen LogP contribution >= 0.6 is 0 Å². The van der Waals surface area contributed by atoms with Crippen LogP contribution in [-0.2, 0) is 0 Å². The molecule has 0 rings (SSSR count). The Labute approximate surface area is 104 Å². The van der Waals surface area contributed by atoms with Gasteiger partial charge in [0, 0.05) is 0 Å². The lowest BCUT2D eigenvalue weighted by molar-refractivity contribution is 0.0767. The Morgan fingerprint density at radius 1 is 0.875 bits per heavy atom. The summed E-state index contributed by atoms with van der Waals surface area (Å²) in [6, 6.07) is 0. The summed E-state index contributed by atoms with van der Waals surface area (Å²) in [7, 11) is 0. The molecule has 0 aromatic carbocycles. The first-order valence-electron chi connectivity index (χ1n) is 7.37. The largest absolute Gasteiger partial charge is 0.0654 e. The number of hydrogen-bond donors (Lipinski definition) is 0. The smallest absolute Gasteiger partial charge is 0.0300 e. The second-order valence-corrected chi connectivity index (χ2v) is 6.49. The molecule has 0 aliphatic heterocycles. The Morgan fingerprint density at radius 3 is 1.81 bits per heavy atom. The van der Waals surface area contributed by atoms with Crippen LogP contribution in [0.1, 0.15) is 80.6 Å². The fourth-order valence-corrected chi connectivity index (χ4v) is 2.90.